The third-order valence-electron chi connectivity index (χ3n) is 3.94. The molecule has 3 rings (SSSR count). The molecule has 3 heterocycles. The molecule has 1 aliphatic rings. The van der Waals surface area contributed by atoms with Gasteiger partial charge in [-0.15, -0.1) is 11.3 Å². The van der Waals surface area contributed by atoms with Gasteiger partial charge in [0.1, 0.15) is 22.0 Å². The first-order chi connectivity index (χ1) is 12.8. The van der Waals surface area contributed by atoms with Crippen LogP contribution in [0.25, 0.3) is 10.7 Å². The Hall–Kier alpha value is -2.55. The molecule has 2 amide bonds. The highest BCUT2D eigenvalue weighted by Gasteiger charge is 2.27. The lowest BCUT2D eigenvalue weighted by Crippen LogP contribution is -2.40. The van der Waals surface area contributed by atoms with E-state index in [0.29, 0.717) is 49.0 Å². The van der Waals surface area contributed by atoms with Gasteiger partial charge in [-0.25, -0.2) is 9.78 Å². The van der Waals surface area contributed by atoms with Gasteiger partial charge in [0.2, 0.25) is 0 Å². The minimum absolute atomic E-state index is 0.132. The van der Waals surface area contributed by atoms with Crippen LogP contribution in [0.15, 0.2) is 24.0 Å². The third kappa shape index (κ3) is 5.00. The quantitative estimate of drug-likeness (QED) is 0.785. The maximum atomic E-state index is 12.8. The number of ether oxygens (including phenoxy) is 1. The predicted molar refractivity (Wildman–Crippen MR) is 101 cm³/mol. The van der Waals surface area contributed by atoms with Crippen molar-refractivity contribution < 1.29 is 14.3 Å². The van der Waals surface area contributed by atoms with Gasteiger partial charge in [-0.1, -0.05) is 0 Å². The fraction of sp³-hybridized carbons (Fsp3) is 0.500. The second-order valence-corrected chi connectivity index (χ2v) is 8.10. The van der Waals surface area contributed by atoms with Gasteiger partial charge in [0.25, 0.3) is 5.91 Å². The molecule has 0 spiro atoms. The molecule has 1 saturated heterocycles. The summed E-state index contributed by atoms with van der Waals surface area (Å²) in [5.74, 6) is -0.132. The zero-order valence-corrected chi connectivity index (χ0v) is 16.5. The Balaban J connectivity index is 1.63. The summed E-state index contributed by atoms with van der Waals surface area (Å²) in [6.45, 7) is 7.58. The van der Waals surface area contributed by atoms with Gasteiger partial charge in [-0.2, -0.15) is 0 Å². The van der Waals surface area contributed by atoms with Crippen molar-refractivity contribution >= 4 is 23.3 Å². The highest BCUT2D eigenvalue weighted by atomic mass is 32.1. The lowest BCUT2D eigenvalue weighted by Gasteiger charge is -2.26. The average Bonchev–Trinajstić information content (AvgIpc) is 2.98. The molecule has 8 nitrogen and oxygen atoms in total. The minimum atomic E-state index is -0.532. The number of aromatic nitrogens is 3. The minimum Gasteiger partial charge on any atom is -0.444 e. The molecular weight excluding hydrogens is 366 g/mol. The number of amides is 2. The molecule has 1 aliphatic heterocycles. The highest BCUT2D eigenvalue weighted by molar-refractivity contribution is 7.13. The molecule has 1 fully saturated rings. The van der Waals surface area contributed by atoms with E-state index in [1.54, 1.807) is 33.8 Å². The SMILES string of the molecule is CC(C)(C)OC(=O)N1CCCN(C(=O)c2csc(-c3cnccn3)n2)CC1. The van der Waals surface area contributed by atoms with Gasteiger partial charge < -0.3 is 14.5 Å². The Morgan fingerprint density at radius 1 is 1.11 bits per heavy atom. The molecule has 27 heavy (non-hydrogen) atoms. The Labute approximate surface area is 162 Å². The van der Waals surface area contributed by atoms with Crippen LogP contribution < -0.4 is 0 Å². The summed E-state index contributed by atoms with van der Waals surface area (Å²) in [6.07, 6.45) is 5.18. The van der Waals surface area contributed by atoms with E-state index in [9.17, 15) is 9.59 Å². The Morgan fingerprint density at radius 3 is 2.56 bits per heavy atom. The summed E-state index contributed by atoms with van der Waals surface area (Å²) < 4.78 is 5.43. The second-order valence-electron chi connectivity index (χ2n) is 7.24. The smallest absolute Gasteiger partial charge is 0.410 e. The zero-order valence-electron chi connectivity index (χ0n) is 15.7. The Bertz CT molecular complexity index is 803. The van der Waals surface area contributed by atoms with Crippen molar-refractivity contribution in [1.29, 1.82) is 0 Å². The standard InChI is InChI=1S/C18H23N5O3S/c1-18(2,3)26-17(25)23-8-4-7-22(9-10-23)16(24)14-12-27-15(21-14)13-11-19-5-6-20-13/h5-6,11-12H,4,7-10H2,1-3H3. The fourth-order valence-corrected chi connectivity index (χ4v) is 3.44. The molecule has 0 N–H and O–H groups in total. The number of hydrogen-bond donors (Lipinski definition) is 0. The summed E-state index contributed by atoms with van der Waals surface area (Å²) >= 11 is 1.37. The fourth-order valence-electron chi connectivity index (χ4n) is 2.69. The highest BCUT2D eigenvalue weighted by Crippen LogP contribution is 2.22. The number of hydrogen-bond acceptors (Lipinski definition) is 7. The molecule has 0 atom stereocenters. The first kappa shape index (κ1) is 19.2. The lowest BCUT2D eigenvalue weighted by atomic mass is 10.2. The van der Waals surface area contributed by atoms with Crippen LogP contribution in [-0.2, 0) is 4.74 Å². The van der Waals surface area contributed by atoms with E-state index >= 15 is 0 Å². The van der Waals surface area contributed by atoms with Gasteiger partial charge in [-0.05, 0) is 27.2 Å². The van der Waals surface area contributed by atoms with E-state index < -0.39 is 5.60 Å². The van der Waals surface area contributed by atoms with Crippen molar-refractivity contribution in [2.45, 2.75) is 32.8 Å². The molecule has 2 aromatic rings. The van der Waals surface area contributed by atoms with Crippen LogP contribution in [0, 0.1) is 0 Å². The Kier molecular flexibility index (Phi) is 5.69. The van der Waals surface area contributed by atoms with Crippen LogP contribution in [0.3, 0.4) is 0 Å². The monoisotopic (exact) mass is 389 g/mol. The summed E-state index contributed by atoms with van der Waals surface area (Å²) in [6, 6.07) is 0. The van der Waals surface area contributed by atoms with Crippen LogP contribution in [0.5, 0.6) is 0 Å². The van der Waals surface area contributed by atoms with Gasteiger partial charge >= 0.3 is 6.09 Å². The molecular formula is C18H23N5O3S. The molecule has 0 aliphatic carbocycles. The number of nitrogens with zero attached hydrogens (tertiary/aromatic N) is 5. The van der Waals surface area contributed by atoms with Gasteiger partial charge in [0.15, 0.2) is 0 Å². The van der Waals surface area contributed by atoms with E-state index in [2.05, 4.69) is 15.0 Å². The van der Waals surface area contributed by atoms with Crippen molar-refractivity contribution in [3.05, 3.63) is 29.7 Å². The second kappa shape index (κ2) is 7.99. The van der Waals surface area contributed by atoms with Crippen LogP contribution in [0.4, 0.5) is 4.79 Å². The van der Waals surface area contributed by atoms with Crippen LogP contribution in [0.1, 0.15) is 37.7 Å². The van der Waals surface area contributed by atoms with E-state index in [-0.39, 0.29) is 12.0 Å². The van der Waals surface area contributed by atoms with Crippen LogP contribution >= 0.6 is 11.3 Å². The van der Waals surface area contributed by atoms with Crippen molar-refractivity contribution in [3.63, 3.8) is 0 Å². The van der Waals surface area contributed by atoms with E-state index in [4.69, 9.17) is 4.74 Å². The first-order valence-electron chi connectivity index (χ1n) is 8.82. The molecule has 144 valence electrons. The van der Waals surface area contributed by atoms with Gasteiger partial charge in [-0.3, -0.25) is 14.8 Å². The maximum absolute atomic E-state index is 12.8. The zero-order chi connectivity index (χ0) is 19.4. The topological polar surface area (TPSA) is 88.5 Å². The molecule has 9 heteroatoms. The van der Waals surface area contributed by atoms with Crippen molar-refractivity contribution in [2.24, 2.45) is 0 Å². The summed E-state index contributed by atoms with van der Waals surface area (Å²) in [4.78, 5) is 41.1. The lowest BCUT2D eigenvalue weighted by molar-refractivity contribution is 0.0255. The summed E-state index contributed by atoms with van der Waals surface area (Å²) in [5.41, 5.74) is 0.510. The van der Waals surface area contributed by atoms with Crippen molar-refractivity contribution in [2.75, 3.05) is 26.2 Å². The van der Waals surface area contributed by atoms with Crippen molar-refractivity contribution in [3.8, 4) is 10.7 Å². The first-order valence-corrected chi connectivity index (χ1v) is 9.70. The summed E-state index contributed by atoms with van der Waals surface area (Å²) in [7, 11) is 0. The van der Waals surface area contributed by atoms with E-state index in [0.717, 1.165) is 0 Å². The molecule has 0 saturated carbocycles. The number of rotatable bonds is 2. The van der Waals surface area contributed by atoms with Gasteiger partial charge in [0, 0.05) is 44.0 Å². The maximum Gasteiger partial charge on any atom is 0.410 e. The van der Waals surface area contributed by atoms with E-state index in [1.807, 2.05) is 20.8 Å². The third-order valence-corrected chi connectivity index (χ3v) is 4.81. The number of carbonyl (C=O) groups excluding carboxylic acids is 2. The van der Waals surface area contributed by atoms with Crippen molar-refractivity contribution in [1.82, 2.24) is 24.8 Å². The largest absolute Gasteiger partial charge is 0.444 e. The molecule has 0 bridgehead atoms. The molecule has 2 aromatic heterocycles. The molecule has 0 aromatic carbocycles. The predicted octanol–water partition coefficient (Wildman–Crippen LogP) is 2.68. The number of carbonyl (C=O) groups is 2. The van der Waals surface area contributed by atoms with Crippen LogP contribution in [0.2, 0.25) is 0 Å². The molecule has 0 radical (unpaired) electrons. The summed E-state index contributed by atoms with van der Waals surface area (Å²) in [5, 5.41) is 2.40. The van der Waals surface area contributed by atoms with Crippen LogP contribution in [-0.4, -0.2) is 68.5 Å². The molecule has 0 unspecified atom stereocenters. The Morgan fingerprint density at radius 2 is 1.85 bits per heavy atom. The number of thiazole rings is 1. The van der Waals surface area contributed by atoms with E-state index in [1.165, 1.54) is 11.3 Å². The normalized spacial score (nSPS) is 15.4. The average molecular weight is 389 g/mol. The van der Waals surface area contributed by atoms with Gasteiger partial charge in [0.05, 0.1) is 6.20 Å².